The molecule has 0 aliphatic heterocycles. The van der Waals surface area contributed by atoms with Crippen molar-refractivity contribution in [3.63, 3.8) is 0 Å². The highest BCUT2D eigenvalue weighted by atomic mass is 16.5. The molecule has 0 saturated heterocycles. The third kappa shape index (κ3) is 5.09. The van der Waals surface area contributed by atoms with E-state index in [-0.39, 0.29) is 0 Å². The average molecular weight is 224 g/mol. The molecule has 0 spiro atoms. The molecule has 0 radical (unpaired) electrons. The van der Waals surface area contributed by atoms with Crippen LogP contribution in [0, 0.1) is 0 Å². The molecular weight excluding hydrogens is 204 g/mol. The number of aromatic nitrogens is 1. The Hall–Kier alpha value is -1.13. The van der Waals surface area contributed by atoms with Crippen molar-refractivity contribution < 1.29 is 9.47 Å². The van der Waals surface area contributed by atoms with Crippen molar-refractivity contribution in [3.05, 3.63) is 23.9 Å². The molecule has 1 rings (SSSR count). The van der Waals surface area contributed by atoms with Crippen LogP contribution in [0.25, 0.3) is 0 Å². The first kappa shape index (κ1) is 12.9. The summed E-state index contributed by atoms with van der Waals surface area (Å²) < 4.78 is 10.5. The van der Waals surface area contributed by atoms with E-state index in [1.54, 1.807) is 7.11 Å². The molecule has 0 atom stereocenters. The van der Waals surface area contributed by atoms with Crippen LogP contribution in [0.3, 0.4) is 0 Å². The Morgan fingerprint density at radius 1 is 1.31 bits per heavy atom. The summed E-state index contributed by atoms with van der Waals surface area (Å²) >= 11 is 0. The van der Waals surface area contributed by atoms with E-state index in [9.17, 15) is 0 Å². The maximum absolute atomic E-state index is 5.49. The first-order valence-corrected chi connectivity index (χ1v) is 5.65. The lowest BCUT2D eigenvalue weighted by Gasteiger charge is -2.06. The fraction of sp³-hybridized carbons (Fsp3) is 0.583. The third-order valence-corrected chi connectivity index (χ3v) is 2.09. The summed E-state index contributed by atoms with van der Waals surface area (Å²) in [7, 11) is 1.61. The zero-order valence-corrected chi connectivity index (χ0v) is 10.0. The van der Waals surface area contributed by atoms with Crippen LogP contribution in [0.15, 0.2) is 18.2 Å². The van der Waals surface area contributed by atoms with Crippen molar-refractivity contribution in [2.45, 2.75) is 20.0 Å². The van der Waals surface area contributed by atoms with Gasteiger partial charge in [-0.1, -0.05) is 13.0 Å². The Balaban J connectivity index is 2.16. The lowest BCUT2D eigenvalue weighted by Crippen LogP contribution is -2.20. The standard InChI is InChI=1S/C12H20N2O2/c1-3-7-13-8-9-16-10-11-5-4-6-12(14-11)15-2/h4-6,13H,3,7-10H2,1-2H3. The number of rotatable bonds is 8. The summed E-state index contributed by atoms with van der Waals surface area (Å²) in [6.07, 6.45) is 1.15. The quantitative estimate of drug-likeness (QED) is 0.681. The van der Waals surface area contributed by atoms with E-state index in [0.717, 1.165) is 25.2 Å². The van der Waals surface area contributed by atoms with Gasteiger partial charge in [-0.25, -0.2) is 4.98 Å². The molecule has 90 valence electrons. The van der Waals surface area contributed by atoms with Gasteiger partial charge in [0.1, 0.15) is 0 Å². The summed E-state index contributed by atoms with van der Waals surface area (Å²) in [6.45, 7) is 5.32. The molecular formula is C12H20N2O2. The number of hydrogen-bond acceptors (Lipinski definition) is 4. The van der Waals surface area contributed by atoms with Crippen LogP contribution in [0.5, 0.6) is 5.88 Å². The first-order valence-electron chi connectivity index (χ1n) is 5.65. The number of ether oxygens (including phenoxy) is 2. The lowest BCUT2D eigenvalue weighted by molar-refractivity contribution is 0.120. The summed E-state index contributed by atoms with van der Waals surface area (Å²) in [6, 6.07) is 5.67. The van der Waals surface area contributed by atoms with Crippen molar-refractivity contribution >= 4 is 0 Å². The van der Waals surface area contributed by atoms with Gasteiger partial charge in [-0.15, -0.1) is 0 Å². The van der Waals surface area contributed by atoms with Gasteiger partial charge in [-0.05, 0) is 19.0 Å². The van der Waals surface area contributed by atoms with E-state index in [1.807, 2.05) is 18.2 Å². The normalized spacial score (nSPS) is 10.4. The highest BCUT2D eigenvalue weighted by Gasteiger charge is 1.97. The minimum absolute atomic E-state index is 0.533. The van der Waals surface area contributed by atoms with Gasteiger partial charge in [0.25, 0.3) is 0 Å². The van der Waals surface area contributed by atoms with Gasteiger partial charge in [-0.3, -0.25) is 0 Å². The molecule has 0 amide bonds. The molecule has 1 aromatic rings. The van der Waals surface area contributed by atoms with E-state index in [1.165, 1.54) is 0 Å². The van der Waals surface area contributed by atoms with E-state index >= 15 is 0 Å². The Morgan fingerprint density at radius 3 is 2.94 bits per heavy atom. The monoisotopic (exact) mass is 224 g/mol. The first-order chi connectivity index (χ1) is 7.86. The van der Waals surface area contributed by atoms with Gasteiger partial charge in [0.15, 0.2) is 0 Å². The van der Waals surface area contributed by atoms with Crippen LogP contribution in [0.1, 0.15) is 19.0 Å². The van der Waals surface area contributed by atoms with Crippen molar-refractivity contribution in [1.29, 1.82) is 0 Å². The molecule has 1 N–H and O–H groups in total. The fourth-order valence-electron chi connectivity index (χ4n) is 1.27. The minimum Gasteiger partial charge on any atom is -0.481 e. The smallest absolute Gasteiger partial charge is 0.213 e. The predicted octanol–water partition coefficient (Wildman–Crippen LogP) is 1.61. The SMILES string of the molecule is CCCNCCOCc1cccc(OC)n1. The second-order valence-electron chi connectivity index (χ2n) is 3.47. The van der Waals surface area contributed by atoms with Crippen LogP contribution in [0.2, 0.25) is 0 Å². The van der Waals surface area contributed by atoms with Crippen LogP contribution >= 0.6 is 0 Å². The topological polar surface area (TPSA) is 43.4 Å². The molecule has 0 bridgehead atoms. The van der Waals surface area contributed by atoms with Crippen molar-refractivity contribution in [2.75, 3.05) is 26.8 Å². The molecule has 1 heterocycles. The Morgan fingerprint density at radius 2 is 2.19 bits per heavy atom. The van der Waals surface area contributed by atoms with Crippen LogP contribution in [-0.4, -0.2) is 31.8 Å². The van der Waals surface area contributed by atoms with Crippen LogP contribution in [-0.2, 0) is 11.3 Å². The van der Waals surface area contributed by atoms with Crippen molar-refractivity contribution in [2.24, 2.45) is 0 Å². The summed E-state index contributed by atoms with van der Waals surface area (Å²) in [5.41, 5.74) is 0.898. The number of pyridine rings is 1. The second-order valence-corrected chi connectivity index (χ2v) is 3.47. The Bertz CT molecular complexity index is 292. The molecule has 0 saturated carbocycles. The molecule has 4 heteroatoms. The summed E-state index contributed by atoms with van der Waals surface area (Å²) in [5.74, 6) is 0.630. The van der Waals surface area contributed by atoms with Gasteiger partial charge in [0.05, 0.1) is 26.0 Å². The van der Waals surface area contributed by atoms with Crippen molar-refractivity contribution in [1.82, 2.24) is 10.3 Å². The molecule has 0 fully saturated rings. The van der Waals surface area contributed by atoms with Gasteiger partial charge < -0.3 is 14.8 Å². The van der Waals surface area contributed by atoms with E-state index in [2.05, 4.69) is 17.2 Å². The minimum atomic E-state index is 0.533. The van der Waals surface area contributed by atoms with E-state index in [0.29, 0.717) is 19.1 Å². The highest BCUT2D eigenvalue weighted by Crippen LogP contribution is 2.07. The van der Waals surface area contributed by atoms with Crippen LogP contribution < -0.4 is 10.1 Å². The fourth-order valence-corrected chi connectivity index (χ4v) is 1.27. The van der Waals surface area contributed by atoms with Crippen LogP contribution in [0.4, 0.5) is 0 Å². The number of nitrogens with zero attached hydrogens (tertiary/aromatic N) is 1. The Labute approximate surface area is 97.0 Å². The predicted molar refractivity (Wildman–Crippen MR) is 63.6 cm³/mol. The van der Waals surface area contributed by atoms with Crippen molar-refractivity contribution in [3.8, 4) is 5.88 Å². The highest BCUT2D eigenvalue weighted by molar-refractivity contribution is 5.14. The molecule has 16 heavy (non-hydrogen) atoms. The summed E-state index contributed by atoms with van der Waals surface area (Å²) in [4.78, 5) is 4.26. The molecule has 0 aromatic carbocycles. The molecule has 0 aliphatic rings. The third-order valence-electron chi connectivity index (χ3n) is 2.09. The average Bonchev–Trinajstić information content (AvgIpc) is 2.34. The maximum atomic E-state index is 5.49. The molecule has 0 unspecified atom stereocenters. The molecule has 0 aliphatic carbocycles. The Kier molecular flexibility index (Phi) is 6.53. The zero-order valence-electron chi connectivity index (χ0n) is 10.0. The number of methoxy groups -OCH3 is 1. The van der Waals surface area contributed by atoms with Gasteiger partial charge in [-0.2, -0.15) is 0 Å². The second kappa shape index (κ2) is 8.07. The molecule has 4 nitrogen and oxygen atoms in total. The number of nitrogens with one attached hydrogen (secondary N) is 1. The molecule has 1 aromatic heterocycles. The lowest BCUT2D eigenvalue weighted by atomic mass is 10.3. The van der Waals surface area contributed by atoms with E-state index in [4.69, 9.17) is 9.47 Å². The summed E-state index contributed by atoms with van der Waals surface area (Å²) in [5, 5.41) is 3.27. The van der Waals surface area contributed by atoms with Gasteiger partial charge >= 0.3 is 0 Å². The zero-order chi connectivity index (χ0) is 11.6. The largest absolute Gasteiger partial charge is 0.481 e. The van der Waals surface area contributed by atoms with E-state index < -0.39 is 0 Å². The van der Waals surface area contributed by atoms with Gasteiger partial charge in [0.2, 0.25) is 5.88 Å². The maximum Gasteiger partial charge on any atom is 0.213 e. The van der Waals surface area contributed by atoms with Gasteiger partial charge in [0, 0.05) is 12.6 Å². The number of hydrogen-bond donors (Lipinski definition) is 1.